The number of hydrogen-bond donors (Lipinski definition) is 2. The molecule has 1 aliphatic heterocycles. The summed E-state index contributed by atoms with van der Waals surface area (Å²) in [6.45, 7) is 8.81. The topological polar surface area (TPSA) is 49.3 Å². The fraction of sp³-hybridized carbons (Fsp3) is 0.409. The highest BCUT2D eigenvalue weighted by atomic mass is 16.3. The van der Waals surface area contributed by atoms with Gasteiger partial charge in [0.1, 0.15) is 5.75 Å². The van der Waals surface area contributed by atoms with Crippen LogP contribution in [-0.2, 0) is 4.79 Å². The van der Waals surface area contributed by atoms with Gasteiger partial charge in [0.15, 0.2) is 0 Å². The van der Waals surface area contributed by atoms with Crippen molar-refractivity contribution in [3.05, 3.63) is 51.6 Å². The summed E-state index contributed by atoms with van der Waals surface area (Å²) in [5.41, 5.74) is 9.06. The van der Waals surface area contributed by atoms with Crippen molar-refractivity contribution in [1.29, 1.82) is 0 Å². The zero-order valence-corrected chi connectivity index (χ0v) is 15.6. The monoisotopic (exact) mass is 337 g/mol. The SMILES string of the molecule is CCC/C(C)=C(/C)C1=C(C)/C(=C2\C(=O)Nc3cc(O)ccc32)CCC1. The maximum atomic E-state index is 12.6. The minimum absolute atomic E-state index is 0.0527. The number of benzene rings is 1. The van der Waals surface area contributed by atoms with Crippen molar-refractivity contribution in [3.63, 3.8) is 0 Å². The van der Waals surface area contributed by atoms with E-state index >= 15 is 0 Å². The Hall–Kier alpha value is -2.29. The zero-order valence-electron chi connectivity index (χ0n) is 15.6. The molecule has 0 fully saturated rings. The van der Waals surface area contributed by atoms with Crippen LogP contribution in [0.4, 0.5) is 5.69 Å². The molecule has 3 nitrogen and oxygen atoms in total. The van der Waals surface area contributed by atoms with Crippen molar-refractivity contribution in [2.45, 2.75) is 59.8 Å². The van der Waals surface area contributed by atoms with Gasteiger partial charge in [-0.2, -0.15) is 0 Å². The first-order valence-electron chi connectivity index (χ1n) is 9.18. The zero-order chi connectivity index (χ0) is 18.1. The summed E-state index contributed by atoms with van der Waals surface area (Å²) in [5, 5.41) is 12.6. The third kappa shape index (κ3) is 3.15. The summed E-state index contributed by atoms with van der Waals surface area (Å²) in [6, 6.07) is 5.12. The number of phenols is 1. The van der Waals surface area contributed by atoms with Crippen LogP contribution in [0.3, 0.4) is 0 Å². The number of amides is 1. The van der Waals surface area contributed by atoms with Crippen LogP contribution in [0.1, 0.15) is 65.4 Å². The quantitative estimate of drug-likeness (QED) is 0.691. The first kappa shape index (κ1) is 17.5. The van der Waals surface area contributed by atoms with Gasteiger partial charge in [-0.1, -0.05) is 18.9 Å². The number of nitrogens with one attached hydrogen (secondary N) is 1. The molecule has 1 aromatic carbocycles. The van der Waals surface area contributed by atoms with Gasteiger partial charge in [-0.25, -0.2) is 0 Å². The molecule has 1 aromatic rings. The van der Waals surface area contributed by atoms with Crippen LogP contribution < -0.4 is 5.32 Å². The van der Waals surface area contributed by atoms with E-state index in [-0.39, 0.29) is 11.7 Å². The number of aromatic hydroxyl groups is 1. The highest BCUT2D eigenvalue weighted by Gasteiger charge is 2.30. The molecule has 25 heavy (non-hydrogen) atoms. The van der Waals surface area contributed by atoms with Crippen molar-refractivity contribution in [1.82, 2.24) is 0 Å². The number of carbonyl (C=O) groups is 1. The summed E-state index contributed by atoms with van der Waals surface area (Å²) in [4.78, 5) is 12.6. The second-order valence-corrected chi connectivity index (χ2v) is 7.15. The van der Waals surface area contributed by atoms with Crippen molar-refractivity contribution in [2.75, 3.05) is 5.32 Å². The van der Waals surface area contributed by atoms with Crippen LogP contribution in [0, 0.1) is 0 Å². The van der Waals surface area contributed by atoms with Crippen molar-refractivity contribution >= 4 is 17.2 Å². The standard InChI is InChI=1S/C22H27NO2/c1-5-7-13(2)14(3)17-8-6-9-18(15(17)4)21-19-11-10-16(24)12-20(19)23-22(21)25/h10-12,24H,5-9H2,1-4H3,(H,23,25)/b14-13-,21-18-. The molecular weight excluding hydrogens is 310 g/mol. The fourth-order valence-corrected chi connectivity index (χ4v) is 4.06. The van der Waals surface area contributed by atoms with E-state index in [1.54, 1.807) is 12.1 Å². The first-order chi connectivity index (χ1) is 11.9. The lowest BCUT2D eigenvalue weighted by molar-refractivity contribution is -0.110. The van der Waals surface area contributed by atoms with Crippen LogP contribution in [-0.4, -0.2) is 11.0 Å². The molecule has 0 aromatic heterocycles. The van der Waals surface area contributed by atoms with Gasteiger partial charge in [0.2, 0.25) is 0 Å². The van der Waals surface area contributed by atoms with E-state index in [4.69, 9.17) is 0 Å². The highest BCUT2D eigenvalue weighted by molar-refractivity contribution is 6.32. The Morgan fingerprint density at radius 1 is 1.24 bits per heavy atom. The smallest absolute Gasteiger partial charge is 0.256 e. The molecule has 1 heterocycles. The summed E-state index contributed by atoms with van der Waals surface area (Å²) < 4.78 is 0. The highest BCUT2D eigenvalue weighted by Crippen LogP contribution is 2.43. The third-order valence-corrected chi connectivity index (χ3v) is 5.53. The van der Waals surface area contributed by atoms with Crippen LogP contribution >= 0.6 is 0 Å². The molecule has 0 spiro atoms. The van der Waals surface area contributed by atoms with Crippen LogP contribution in [0.25, 0.3) is 5.57 Å². The van der Waals surface area contributed by atoms with Crippen molar-refractivity contribution in [2.24, 2.45) is 0 Å². The minimum atomic E-state index is -0.0527. The van der Waals surface area contributed by atoms with E-state index in [2.05, 4.69) is 33.0 Å². The second-order valence-electron chi connectivity index (χ2n) is 7.15. The van der Waals surface area contributed by atoms with Crippen molar-refractivity contribution < 1.29 is 9.90 Å². The normalized spacial score (nSPS) is 21.2. The Kier molecular flexibility index (Phi) is 4.85. The van der Waals surface area contributed by atoms with Crippen molar-refractivity contribution in [3.8, 4) is 5.75 Å². The summed E-state index contributed by atoms with van der Waals surface area (Å²) >= 11 is 0. The van der Waals surface area contributed by atoms with Gasteiger partial charge < -0.3 is 10.4 Å². The lowest BCUT2D eigenvalue weighted by atomic mass is 9.80. The van der Waals surface area contributed by atoms with Crippen LogP contribution in [0.5, 0.6) is 5.75 Å². The first-order valence-corrected chi connectivity index (χ1v) is 9.18. The van der Waals surface area contributed by atoms with E-state index in [0.29, 0.717) is 5.69 Å². The van der Waals surface area contributed by atoms with Gasteiger partial charge >= 0.3 is 0 Å². The van der Waals surface area contributed by atoms with E-state index in [1.165, 1.54) is 22.3 Å². The molecule has 3 heteroatoms. The molecule has 0 saturated carbocycles. The number of hydrogen-bond acceptors (Lipinski definition) is 2. The molecule has 2 aliphatic rings. The third-order valence-electron chi connectivity index (χ3n) is 5.53. The minimum Gasteiger partial charge on any atom is -0.508 e. The lowest BCUT2D eigenvalue weighted by Gasteiger charge is -2.24. The average Bonchev–Trinajstić information content (AvgIpc) is 2.89. The van der Waals surface area contributed by atoms with Crippen LogP contribution in [0.2, 0.25) is 0 Å². The maximum absolute atomic E-state index is 12.6. The largest absolute Gasteiger partial charge is 0.508 e. The van der Waals surface area contributed by atoms with E-state index in [9.17, 15) is 9.90 Å². The van der Waals surface area contributed by atoms with Crippen LogP contribution in [0.15, 0.2) is 46.1 Å². The van der Waals surface area contributed by atoms with Gasteiger partial charge in [0.25, 0.3) is 5.91 Å². The fourth-order valence-electron chi connectivity index (χ4n) is 4.06. The molecule has 0 radical (unpaired) electrons. The predicted molar refractivity (Wildman–Crippen MR) is 103 cm³/mol. The molecule has 132 valence electrons. The Balaban J connectivity index is 2.14. The summed E-state index contributed by atoms with van der Waals surface area (Å²) in [6.07, 6.45) is 5.36. The Labute approximate surface area is 150 Å². The van der Waals surface area contributed by atoms with E-state index in [0.717, 1.165) is 48.8 Å². The number of phenolic OH excluding ortho intramolecular Hbond substituents is 1. The van der Waals surface area contributed by atoms with Gasteiger partial charge in [-0.15, -0.1) is 0 Å². The molecular formula is C22H27NO2. The number of fused-ring (bicyclic) bond motifs is 1. The predicted octanol–water partition coefficient (Wildman–Crippen LogP) is 5.73. The van der Waals surface area contributed by atoms with E-state index < -0.39 is 0 Å². The molecule has 1 aliphatic carbocycles. The van der Waals surface area contributed by atoms with E-state index in [1.807, 2.05) is 6.07 Å². The molecule has 0 unspecified atom stereocenters. The summed E-state index contributed by atoms with van der Waals surface area (Å²) in [5.74, 6) is 0.124. The van der Waals surface area contributed by atoms with Gasteiger partial charge in [0.05, 0.1) is 11.3 Å². The molecule has 2 N–H and O–H groups in total. The molecule has 0 bridgehead atoms. The Morgan fingerprint density at radius 2 is 2.00 bits per heavy atom. The average molecular weight is 337 g/mol. The van der Waals surface area contributed by atoms with Gasteiger partial charge in [0, 0.05) is 11.6 Å². The van der Waals surface area contributed by atoms with Gasteiger partial charge in [-0.05, 0) is 80.9 Å². The number of anilines is 1. The summed E-state index contributed by atoms with van der Waals surface area (Å²) in [7, 11) is 0. The Morgan fingerprint density at radius 3 is 2.72 bits per heavy atom. The Bertz CT molecular complexity index is 824. The lowest BCUT2D eigenvalue weighted by Crippen LogP contribution is -2.10. The maximum Gasteiger partial charge on any atom is 0.256 e. The molecule has 1 amide bonds. The molecule has 0 atom stereocenters. The number of carbonyl (C=O) groups excluding carboxylic acids is 1. The van der Waals surface area contributed by atoms with Gasteiger partial charge in [-0.3, -0.25) is 4.79 Å². The molecule has 3 rings (SSSR count). The second kappa shape index (κ2) is 6.91. The number of allylic oxidation sites excluding steroid dienone is 5. The molecule has 0 saturated heterocycles. The number of rotatable bonds is 3.